The molecular weight excluding hydrogens is 470 g/mol. The molecule has 0 unspecified atom stereocenters. The van der Waals surface area contributed by atoms with Crippen LogP contribution in [0.1, 0.15) is 21.5 Å². The third-order valence-corrected chi connectivity index (χ3v) is 5.89. The average molecular weight is 496 g/mol. The highest BCUT2D eigenvalue weighted by atomic mass is 16.5. The van der Waals surface area contributed by atoms with Crippen LogP contribution < -0.4 is 14.8 Å². The fraction of sp³-hybridized carbons (Fsp3) is 0.143. The Balaban J connectivity index is 1.25. The smallest absolute Gasteiger partial charge is 0.278 e. The summed E-state index contributed by atoms with van der Waals surface area (Å²) in [6, 6.07) is 20.6. The highest BCUT2D eigenvalue weighted by Gasteiger charge is 2.15. The highest BCUT2D eigenvalue weighted by molar-refractivity contribution is 6.05. The third kappa shape index (κ3) is 5.20. The summed E-state index contributed by atoms with van der Waals surface area (Å²) in [4.78, 5) is 21.4. The van der Waals surface area contributed by atoms with E-state index in [0.29, 0.717) is 41.0 Å². The number of hydrogen-bond acceptors (Lipinski definition) is 7. The first-order valence-corrected chi connectivity index (χ1v) is 11.6. The van der Waals surface area contributed by atoms with E-state index < -0.39 is 0 Å². The first kappa shape index (κ1) is 23.8. The molecule has 37 heavy (non-hydrogen) atoms. The molecule has 9 nitrogen and oxygen atoms in total. The van der Waals surface area contributed by atoms with E-state index in [0.717, 1.165) is 22.4 Å². The van der Waals surface area contributed by atoms with Crippen molar-refractivity contribution in [3.63, 3.8) is 0 Å². The molecule has 186 valence electrons. The summed E-state index contributed by atoms with van der Waals surface area (Å²) in [5, 5.41) is 7.03. The van der Waals surface area contributed by atoms with E-state index in [-0.39, 0.29) is 5.91 Å². The van der Waals surface area contributed by atoms with Gasteiger partial charge in [0.25, 0.3) is 11.8 Å². The number of rotatable bonds is 8. The van der Waals surface area contributed by atoms with E-state index >= 15 is 0 Å². The molecule has 2 aromatic heterocycles. The summed E-state index contributed by atoms with van der Waals surface area (Å²) in [5.41, 5.74) is 4.69. The number of amides is 1. The van der Waals surface area contributed by atoms with E-state index in [9.17, 15) is 4.79 Å². The molecule has 0 aliphatic rings. The summed E-state index contributed by atoms with van der Waals surface area (Å²) in [5.74, 6) is 1.82. The van der Waals surface area contributed by atoms with Crippen LogP contribution in [0.15, 0.2) is 83.8 Å². The number of ether oxygens (including phenoxy) is 2. The number of benzene rings is 3. The van der Waals surface area contributed by atoms with Gasteiger partial charge >= 0.3 is 0 Å². The Labute approximate surface area is 213 Å². The lowest BCUT2D eigenvalue weighted by Gasteiger charge is -2.09. The van der Waals surface area contributed by atoms with Gasteiger partial charge in [-0.3, -0.25) is 4.79 Å². The first-order chi connectivity index (χ1) is 18.0. The van der Waals surface area contributed by atoms with E-state index in [1.165, 1.54) is 0 Å². The van der Waals surface area contributed by atoms with Crippen molar-refractivity contribution in [2.24, 2.45) is 0 Å². The minimum Gasteiger partial charge on any atom is -0.493 e. The van der Waals surface area contributed by atoms with Crippen molar-refractivity contribution in [1.29, 1.82) is 0 Å². The molecule has 5 aromatic rings. The molecule has 1 amide bonds. The van der Waals surface area contributed by atoms with Gasteiger partial charge in [-0.05, 0) is 54.4 Å². The number of hydrogen-bond donors (Lipinski definition) is 1. The fourth-order valence-corrected chi connectivity index (χ4v) is 3.91. The van der Waals surface area contributed by atoms with Gasteiger partial charge in [-0.15, -0.1) is 0 Å². The number of anilines is 1. The number of imidazole rings is 1. The Kier molecular flexibility index (Phi) is 6.67. The van der Waals surface area contributed by atoms with Gasteiger partial charge in [-0.1, -0.05) is 35.5 Å². The SMILES string of the molecule is COc1ccc(-c2noc(-c3cn(Cc4ccc(NC(=O)c5ccccc5C)cc4)cn3)n2)cc1OC. The molecular formula is C28H25N5O4. The zero-order valence-electron chi connectivity index (χ0n) is 20.6. The molecule has 0 radical (unpaired) electrons. The van der Waals surface area contributed by atoms with Crippen LogP contribution >= 0.6 is 0 Å². The molecule has 2 heterocycles. The number of nitrogens with one attached hydrogen (secondary N) is 1. The van der Waals surface area contributed by atoms with Gasteiger partial charge in [0.05, 0.1) is 20.5 Å². The summed E-state index contributed by atoms with van der Waals surface area (Å²) < 4.78 is 18.0. The Morgan fingerprint density at radius 3 is 2.54 bits per heavy atom. The summed E-state index contributed by atoms with van der Waals surface area (Å²) in [6.07, 6.45) is 3.56. The Morgan fingerprint density at radius 1 is 1.00 bits per heavy atom. The second-order valence-electron chi connectivity index (χ2n) is 8.39. The number of methoxy groups -OCH3 is 2. The van der Waals surface area contributed by atoms with Gasteiger partial charge in [0.15, 0.2) is 11.5 Å². The molecule has 1 N–H and O–H groups in total. The van der Waals surface area contributed by atoms with Crippen LogP contribution in [0.3, 0.4) is 0 Å². The van der Waals surface area contributed by atoms with Crippen LogP contribution in [0.4, 0.5) is 5.69 Å². The normalized spacial score (nSPS) is 10.8. The van der Waals surface area contributed by atoms with E-state index in [1.54, 1.807) is 32.7 Å². The van der Waals surface area contributed by atoms with Crippen molar-refractivity contribution >= 4 is 11.6 Å². The van der Waals surface area contributed by atoms with Gasteiger partial charge in [0, 0.05) is 29.6 Å². The van der Waals surface area contributed by atoms with Gasteiger partial charge in [0.1, 0.15) is 5.69 Å². The van der Waals surface area contributed by atoms with Crippen molar-refractivity contribution in [2.75, 3.05) is 19.5 Å². The Morgan fingerprint density at radius 2 is 1.78 bits per heavy atom. The first-order valence-electron chi connectivity index (χ1n) is 11.6. The zero-order valence-corrected chi connectivity index (χ0v) is 20.6. The van der Waals surface area contributed by atoms with Crippen molar-refractivity contribution in [3.05, 3.63) is 95.9 Å². The van der Waals surface area contributed by atoms with Crippen LogP contribution in [-0.2, 0) is 6.54 Å². The molecule has 3 aromatic carbocycles. The number of carbonyl (C=O) groups is 1. The van der Waals surface area contributed by atoms with Crippen LogP contribution in [0.5, 0.6) is 11.5 Å². The predicted octanol–water partition coefficient (Wildman–Crippen LogP) is 5.23. The van der Waals surface area contributed by atoms with E-state index in [2.05, 4.69) is 20.4 Å². The van der Waals surface area contributed by atoms with Crippen LogP contribution in [-0.4, -0.2) is 39.8 Å². The van der Waals surface area contributed by atoms with Gasteiger partial charge in [-0.25, -0.2) is 4.98 Å². The molecule has 0 saturated carbocycles. The standard InChI is InChI=1S/C28H25N5O4/c1-18-6-4-5-7-22(18)27(34)30-21-11-8-19(9-12-21)15-33-16-23(29-17-33)28-31-26(32-37-28)20-10-13-24(35-2)25(14-20)36-3/h4-14,16-17H,15H2,1-3H3,(H,30,34). The minimum atomic E-state index is -0.128. The van der Waals surface area contributed by atoms with Gasteiger partial charge < -0.3 is 23.9 Å². The lowest BCUT2D eigenvalue weighted by molar-refractivity contribution is 0.102. The molecule has 0 aliphatic carbocycles. The highest BCUT2D eigenvalue weighted by Crippen LogP contribution is 2.32. The average Bonchev–Trinajstić information content (AvgIpc) is 3.60. The Hall–Kier alpha value is -4.92. The maximum atomic E-state index is 12.5. The Bertz CT molecular complexity index is 1540. The quantitative estimate of drug-likeness (QED) is 0.314. The van der Waals surface area contributed by atoms with E-state index in [1.807, 2.05) is 72.3 Å². The molecule has 5 rings (SSSR count). The molecule has 0 spiro atoms. The van der Waals surface area contributed by atoms with Crippen molar-refractivity contribution < 1.29 is 18.8 Å². The second-order valence-corrected chi connectivity index (χ2v) is 8.39. The van der Waals surface area contributed by atoms with Crippen molar-refractivity contribution in [2.45, 2.75) is 13.5 Å². The monoisotopic (exact) mass is 495 g/mol. The maximum absolute atomic E-state index is 12.5. The maximum Gasteiger partial charge on any atom is 0.278 e. The van der Waals surface area contributed by atoms with Crippen LogP contribution in [0.2, 0.25) is 0 Å². The third-order valence-electron chi connectivity index (χ3n) is 5.89. The molecule has 0 fully saturated rings. The topological polar surface area (TPSA) is 104 Å². The van der Waals surface area contributed by atoms with Crippen LogP contribution in [0.25, 0.3) is 23.0 Å². The minimum absolute atomic E-state index is 0.128. The number of aromatic nitrogens is 4. The fourth-order valence-electron chi connectivity index (χ4n) is 3.91. The van der Waals surface area contributed by atoms with Crippen molar-refractivity contribution in [3.8, 4) is 34.5 Å². The van der Waals surface area contributed by atoms with Crippen LogP contribution in [0, 0.1) is 6.92 Å². The summed E-state index contributed by atoms with van der Waals surface area (Å²) in [6.45, 7) is 2.51. The molecule has 9 heteroatoms. The van der Waals surface area contributed by atoms with Gasteiger partial charge in [0.2, 0.25) is 5.82 Å². The van der Waals surface area contributed by atoms with Crippen molar-refractivity contribution in [1.82, 2.24) is 19.7 Å². The predicted molar refractivity (Wildman–Crippen MR) is 139 cm³/mol. The van der Waals surface area contributed by atoms with Gasteiger partial charge in [-0.2, -0.15) is 4.98 Å². The lowest BCUT2D eigenvalue weighted by atomic mass is 10.1. The number of carbonyl (C=O) groups excluding carboxylic acids is 1. The zero-order chi connectivity index (χ0) is 25.8. The second kappa shape index (κ2) is 10.4. The summed E-state index contributed by atoms with van der Waals surface area (Å²) >= 11 is 0. The number of aryl methyl sites for hydroxylation is 1. The largest absolute Gasteiger partial charge is 0.493 e. The molecule has 0 saturated heterocycles. The molecule has 0 aliphatic heterocycles. The lowest BCUT2D eigenvalue weighted by Crippen LogP contribution is -2.13. The number of nitrogens with zero attached hydrogens (tertiary/aromatic N) is 4. The van der Waals surface area contributed by atoms with E-state index in [4.69, 9.17) is 14.0 Å². The molecule has 0 atom stereocenters. The molecule has 0 bridgehead atoms. The summed E-state index contributed by atoms with van der Waals surface area (Å²) in [7, 11) is 3.16.